The molecule has 0 saturated carbocycles. The zero-order chi connectivity index (χ0) is 14.5. The molecule has 104 valence electrons. The first-order valence-electron chi connectivity index (χ1n) is 5.96. The number of furan rings is 1. The molecule has 2 aromatic rings. The molecule has 1 atom stereocenters. The standard InChI is InChI=1S/C14H13ClN2O3/c1-9(15)13(18)16-10-4-6-11(7-5-10)17-14(19)12-3-2-8-20-12/h2-9H,1H3,(H,16,18)(H,17,19). The van der Waals surface area contributed by atoms with Crippen LogP contribution in [0.1, 0.15) is 17.5 Å². The van der Waals surface area contributed by atoms with Crippen molar-refractivity contribution >= 4 is 34.8 Å². The van der Waals surface area contributed by atoms with Gasteiger partial charge in [-0.3, -0.25) is 9.59 Å². The van der Waals surface area contributed by atoms with Crippen LogP contribution < -0.4 is 10.6 Å². The van der Waals surface area contributed by atoms with Gasteiger partial charge in [0.2, 0.25) is 5.91 Å². The summed E-state index contributed by atoms with van der Waals surface area (Å²) in [7, 11) is 0. The number of carbonyl (C=O) groups excluding carboxylic acids is 2. The quantitative estimate of drug-likeness (QED) is 0.851. The lowest BCUT2D eigenvalue weighted by Gasteiger charge is -2.08. The molecule has 0 aliphatic carbocycles. The van der Waals surface area contributed by atoms with Crippen molar-refractivity contribution in [3.63, 3.8) is 0 Å². The summed E-state index contributed by atoms with van der Waals surface area (Å²) in [6.07, 6.45) is 1.43. The molecule has 1 unspecified atom stereocenters. The Morgan fingerprint density at radius 1 is 1.10 bits per heavy atom. The molecular weight excluding hydrogens is 280 g/mol. The number of hydrogen-bond acceptors (Lipinski definition) is 3. The van der Waals surface area contributed by atoms with Crippen LogP contribution in [0.15, 0.2) is 47.1 Å². The lowest BCUT2D eigenvalue weighted by Crippen LogP contribution is -2.20. The maximum Gasteiger partial charge on any atom is 0.291 e. The Kier molecular flexibility index (Phi) is 4.42. The van der Waals surface area contributed by atoms with Crippen molar-refractivity contribution in [1.82, 2.24) is 0 Å². The highest BCUT2D eigenvalue weighted by Gasteiger charge is 2.10. The second kappa shape index (κ2) is 6.25. The molecule has 20 heavy (non-hydrogen) atoms. The normalized spacial score (nSPS) is 11.7. The van der Waals surface area contributed by atoms with Crippen molar-refractivity contribution in [2.45, 2.75) is 12.3 Å². The zero-order valence-electron chi connectivity index (χ0n) is 10.7. The van der Waals surface area contributed by atoms with Crippen molar-refractivity contribution in [2.75, 3.05) is 10.6 Å². The number of carbonyl (C=O) groups is 2. The minimum absolute atomic E-state index is 0.235. The molecule has 2 rings (SSSR count). The van der Waals surface area contributed by atoms with Gasteiger partial charge in [0, 0.05) is 11.4 Å². The maximum absolute atomic E-state index is 11.7. The maximum atomic E-state index is 11.7. The van der Waals surface area contributed by atoms with Crippen LogP contribution in [-0.2, 0) is 4.79 Å². The smallest absolute Gasteiger partial charge is 0.291 e. The Labute approximate surface area is 120 Å². The highest BCUT2D eigenvalue weighted by atomic mass is 35.5. The molecule has 0 aliphatic heterocycles. The first-order chi connectivity index (χ1) is 9.56. The minimum atomic E-state index is -0.603. The van der Waals surface area contributed by atoms with Crippen molar-refractivity contribution < 1.29 is 14.0 Å². The van der Waals surface area contributed by atoms with Crippen LogP contribution in [-0.4, -0.2) is 17.2 Å². The third kappa shape index (κ3) is 3.61. The summed E-state index contributed by atoms with van der Waals surface area (Å²) >= 11 is 5.66. The number of hydrogen-bond donors (Lipinski definition) is 2. The van der Waals surface area contributed by atoms with E-state index in [1.165, 1.54) is 6.26 Å². The van der Waals surface area contributed by atoms with Gasteiger partial charge in [-0.15, -0.1) is 11.6 Å². The van der Waals surface area contributed by atoms with Gasteiger partial charge < -0.3 is 15.1 Å². The number of halogens is 1. The molecule has 6 heteroatoms. The Bertz CT molecular complexity index is 591. The van der Waals surface area contributed by atoms with Crippen molar-refractivity contribution in [2.24, 2.45) is 0 Å². The van der Waals surface area contributed by atoms with Crippen LogP contribution in [0, 0.1) is 0 Å². The first-order valence-corrected chi connectivity index (χ1v) is 6.40. The second-order valence-corrected chi connectivity index (χ2v) is 4.77. The molecular formula is C14H13ClN2O3. The Hall–Kier alpha value is -2.27. The summed E-state index contributed by atoms with van der Waals surface area (Å²) in [5.41, 5.74) is 1.21. The van der Waals surface area contributed by atoms with Gasteiger partial charge in [-0.1, -0.05) is 0 Å². The van der Waals surface area contributed by atoms with E-state index in [-0.39, 0.29) is 17.6 Å². The fourth-order valence-corrected chi connectivity index (χ4v) is 1.53. The van der Waals surface area contributed by atoms with Gasteiger partial charge in [0.15, 0.2) is 5.76 Å². The predicted octanol–water partition coefficient (Wildman–Crippen LogP) is 3.10. The summed E-state index contributed by atoms with van der Waals surface area (Å²) < 4.78 is 4.99. The number of amides is 2. The van der Waals surface area contributed by atoms with Crippen LogP contribution in [0.2, 0.25) is 0 Å². The lowest BCUT2D eigenvalue weighted by atomic mass is 10.2. The van der Waals surface area contributed by atoms with E-state index in [9.17, 15) is 9.59 Å². The highest BCUT2D eigenvalue weighted by Crippen LogP contribution is 2.15. The molecule has 2 N–H and O–H groups in total. The number of benzene rings is 1. The molecule has 0 aliphatic rings. The van der Waals surface area contributed by atoms with Crippen LogP contribution in [0.4, 0.5) is 11.4 Å². The van der Waals surface area contributed by atoms with Gasteiger partial charge in [-0.25, -0.2) is 0 Å². The molecule has 1 heterocycles. The van der Waals surface area contributed by atoms with Crippen LogP contribution in [0.25, 0.3) is 0 Å². The molecule has 0 saturated heterocycles. The first kappa shape index (κ1) is 14.1. The van der Waals surface area contributed by atoms with Crippen molar-refractivity contribution in [3.05, 3.63) is 48.4 Å². The van der Waals surface area contributed by atoms with E-state index in [2.05, 4.69) is 10.6 Å². The Balaban J connectivity index is 1.98. The topological polar surface area (TPSA) is 71.3 Å². The summed E-state index contributed by atoms with van der Waals surface area (Å²) in [5, 5.41) is 4.72. The largest absolute Gasteiger partial charge is 0.459 e. The fraction of sp³-hybridized carbons (Fsp3) is 0.143. The SMILES string of the molecule is CC(Cl)C(=O)Nc1ccc(NC(=O)c2ccco2)cc1. The van der Waals surface area contributed by atoms with E-state index in [1.54, 1.807) is 43.3 Å². The molecule has 0 bridgehead atoms. The molecule has 0 radical (unpaired) electrons. The monoisotopic (exact) mass is 292 g/mol. The van der Waals surface area contributed by atoms with Gasteiger partial charge in [-0.2, -0.15) is 0 Å². The average molecular weight is 293 g/mol. The number of rotatable bonds is 4. The van der Waals surface area contributed by atoms with E-state index in [0.717, 1.165) is 0 Å². The molecule has 2 amide bonds. The lowest BCUT2D eigenvalue weighted by molar-refractivity contribution is -0.115. The highest BCUT2D eigenvalue weighted by molar-refractivity contribution is 6.32. The van der Waals surface area contributed by atoms with E-state index < -0.39 is 5.38 Å². The second-order valence-electron chi connectivity index (χ2n) is 4.11. The molecule has 5 nitrogen and oxygen atoms in total. The van der Waals surface area contributed by atoms with Crippen LogP contribution in [0.3, 0.4) is 0 Å². The summed E-state index contributed by atoms with van der Waals surface area (Å²) in [6, 6.07) is 9.92. The molecule has 1 aromatic heterocycles. The van der Waals surface area contributed by atoms with Gasteiger partial charge >= 0.3 is 0 Å². The summed E-state index contributed by atoms with van der Waals surface area (Å²) in [6.45, 7) is 1.59. The molecule has 0 fully saturated rings. The molecule has 1 aromatic carbocycles. The van der Waals surface area contributed by atoms with E-state index in [0.29, 0.717) is 11.4 Å². The van der Waals surface area contributed by atoms with Gasteiger partial charge in [0.25, 0.3) is 5.91 Å². The summed E-state index contributed by atoms with van der Waals surface area (Å²) in [4.78, 5) is 23.1. The number of anilines is 2. The van der Waals surface area contributed by atoms with Gasteiger partial charge in [0.1, 0.15) is 5.38 Å². The predicted molar refractivity (Wildman–Crippen MR) is 77.0 cm³/mol. The fourth-order valence-electron chi connectivity index (χ4n) is 1.48. The molecule has 0 spiro atoms. The van der Waals surface area contributed by atoms with E-state index in [1.807, 2.05) is 0 Å². The van der Waals surface area contributed by atoms with Crippen molar-refractivity contribution in [3.8, 4) is 0 Å². The van der Waals surface area contributed by atoms with Crippen LogP contribution >= 0.6 is 11.6 Å². The Morgan fingerprint density at radius 3 is 2.20 bits per heavy atom. The van der Waals surface area contributed by atoms with E-state index in [4.69, 9.17) is 16.0 Å². The van der Waals surface area contributed by atoms with Gasteiger partial charge in [0.05, 0.1) is 6.26 Å². The van der Waals surface area contributed by atoms with E-state index >= 15 is 0 Å². The Morgan fingerprint density at radius 2 is 1.70 bits per heavy atom. The summed E-state index contributed by atoms with van der Waals surface area (Å²) in [5.74, 6) is -0.376. The average Bonchev–Trinajstić information content (AvgIpc) is 2.95. The minimum Gasteiger partial charge on any atom is -0.459 e. The zero-order valence-corrected chi connectivity index (χ0v) is 11.5. The number of nitrogens with one attached hydrogen (secondary N) is 2. The third-order valence-corrected chi connectivity index (χ3v) is 2.71. The van der Waals surface area contributed by atoms with Crippen molar-refractivity contribution in [1.29, 1.82) is 0 Å². The number of alkyl halides is 1. The third-order valence-electron chi connectivity index (χ3n) is 2.52. The van der Waals surface area contributed by atoms with Crippen LogP contribution in [0.5, 0.6) is 0 Å². The van der Waals surface area contributed by atoms with Gasteiger partial charge in [-0.05, 0) is 43.3 Å².